The van der Waals surface area contributed by atoms with Gasteiger partial charge in [-0.2, -0.15) is 5.10 Å². The van der Waals surface area contributed by atoms with E-state index in [1.807, 2.05) is 49.4 Å². The highest BCUT2D eigenvalue weighted by Gasteiger charge is 2.28. The van der Waals surface area contributed by atoms with Crippen molar-refractivity contribution < 1.29 is 4.74 Å². The summed E-state index contributed by atoms with van der Waals surface area (Å²) in [6, 6.07) is 11.8. The van der Waals surface area contributed by atoms with Gasteiger partial charge in [0.15, 0.2) is 5.82 Å². The molecule has 24 heavy (non-hydrogen) atoms. The van der Waals surface area contributed by atoms with Gasteiger partial charge in [0, 0.05) is 30.9 Å². The SMILES string of the molecule is COCCC1(N)C=C(Nc2cc(C)[nH]n2)NC(c2ccccc2)=N1. The molecule has 0 saturated heterocycles. The first-order chi connectivity index (χ1) is 11.6. The fraction of sp³-hybridized carbons (Fsp3) is 0.294. The van der Waals surface area contributed by atoms with E-state index >= 15 is 0 Å². The van der Waals surface area contributed by atoms with Gasteiger partial charge >= 0.3 is 0 Å². The largest absolute Gasteiger partial charge is 0.385 e. The van der Waals surface area contributed by atoms with Gasteiger partial charge < -0.3 is 21.1 Å². The van der Waals surface area contributed by atoms with Crippen LogP contribution in [0.3, 0.4) is 0 Å². The molecule has 0 saturated carbocycles. The van der Waals surface area contributed by atoms with Gasteiger partial charge in [0.25, 0.3) is 0 Å². The Labute approximate surface area is 141 Å². The Kier molecular flexibility index (Phi) is 4.64. The summed E-state index contributed by atoms with van der Waals surface area (Å²) < 4.78 is 5.17. The van der Waals surface area contributed by atoms with E-state index in [-0.39, 0.29) is 0 Å². The second-order valence-electron chi connectivity index (χ2n) is 5.80. The monoisotopic (exact) mass is 326 g/mol. The lowest BCUT2D eigenvalue weighted by Gasteiger charge is -2.29. The van der Waals surface area contributed by atoms with Crippen LogP contribution in [0.15, 0.2) is 53.3 Å². The van der Waals surface area contributed by atoms with Gasteiger partial charge in [0.1, 0.15) is 17.3 Å². The summed E-state index contributed by atoms with van der Waals surface area (Å²) >= 11 is 0. The molecule has 3 rings (SSSR count). The summed E-state index contributed by atoms with van der Waals surface area (Å²) in [5, 5.41) is 13.6. The molecule has 0 aliphatic carbocycles. The number of nitrogens with zero attached hydrogens (tertiary/aromatic N) is 2. The molecule has 7 heteroatoms. The second-order valence-corrected chi connectivity index (χ2v) is 5.80. The van der Waals surface area contributed by atoms with Gasteiger partial charge in [-0.15, -0.1) is 0 Å². The Balaban J connectivity index is 1.88. The summed E-state index contributed by atoms with van der Waals surface area (Å²) in [5.41, 5.74) is 7.57. The van der Waals surface area contributed by atoms with Crippen LogP contribution in [0.5, 0.6) is 0 Å². The number of rotatable bonds is 6. The van der Waals surface area contributed by atoms with E-state index in [1.54, 1.807) is 7.11 Å². The minimum Gasteiger partial charge on any atom is -0.385 e. The molecule has 126 valence electrons. The molecule has 7 nitrogen and oxygen atoms in total. The highest BCUT2D eigenvalue weighted by Crippen LogP contribution is 2.20. The van der Waals surface area contributed by atoms with Crippen LogP contribution >= 0.6 is 0 Å². The third-order valence-corrected chi connectivity index (χ3v) is 3.69. The zero-order chi connectivity index (χ0) is 17.0. The van der Waals surface area contributed by atoms with Gasteiger partial charge in [-0.05, 0) is 13.0 Å². The number of nitrogens with one attached hydrogen (secondary N) is 3. The lowest BCUT2D eigenvalue weighted by atomic mass is 10.1. The molecular formula is C17H22N6O. The fourth-order valence-corrected chi connectivity index (χ4v) is 2.50. The molecule has 1 atom stereocenters. The number of methoxy groups -OCH3 is 1. The van der Waals surface area contributed by atoms with Crippen molar-refractivity contribution in [3.63, 3.8) is 0 Å². The summed E-state index contributed by atoms with van der Waals surface area (Å²) in [5.74, 6) is 2.18. The van der Waals surface area contributed by atoms with Crippen molar-refractivity contribution in [3.8, 4) is 0 Å². The number of nitrogens with two attached hydrogens (primary N) is 1. The number of aryl methyl sites for hydroxylation is 1. The highest BCUT2D eigenvalue weighted by atomic mass is 16.5. The molecule has 1 aromatic heterocycles. The van der Waals surface area contributed by atoms with Crippen molar-refractivity contribution >= 4 is 11.7 Å². The van der Waals surface area contributed by atoms with Gasteiger partial charge in [-0.3, -0.25) is 5.10 Å². The number of anilines is 1. The predicted molar refractivity (Wildman–Crippen MR) is 94.6 cm³/mol. The number of aliphatic imine (C=N–C) groups is 1. The minimum atomic E-state index is -0.847. The van der Waals surface area contributed by atoms with E-state index < -0.39 is 5.66 Å². The lowest BCUT2D eigenvalue weighted by Crippen LogP contribution is -2.46. The number of amidine groups is 1. The number of ether oxygens (including phenoxy) is 1. The van der Waals surface area contributed by atoms with E-state index in [9.17, 15) is 0 Å². The van der Waals surface area contributed by atoms with Gasteiger partial charge in [-0.1, -0.05) is 30.3 Å². The Hall–Kier alpha value is -2.64. The third-order valence-electron chi connectivity index (χ3n) is 3.69. The van der Waals surface area contributed by atoms with E-state index in [4.69, 9.17) is 10.5 Å². The Morgan fingerprint density at radius 2 is 2.08 bits per heavy atom. The minimum absolute atomic E-state index is 0.521. The number of hydrogen-bond acceptors (Lipinski definition) is 6. The molecule has 1 aliphatic heterocycles. The molecular weight excluding hydrogens is 304 g/mol. The topological polar surface area (TPSA) is 100 Å². The molecule has 0 fully saturated rings. The zero-order valence-electron chi connectivity index (χ0n) is 13.8. The molecule has 0 amide bonds. The third kappa shape index (κ3) is 3.81. The smallest absolute Gasteiger partial charge is 0.153 e. The average Bonchev–Trinajstić information content (AvgIpc) is 2.98. The van der Waals surface area contributed by atoms with Crippen LogP contribution in [0.1, 0.15) is 17.7 Å². The predicted octanol–water partition coefficient (Wildman–Crippen LogP) is 1.71. The summed E-state index contributed by atoms with van der Waals surface area (Å²) in [6.45, 7) is 2.47. The van der Waals surface area contributed by atoms with Gasteiger partial charge in [0.2, 0.25) is 0 Å². The van der Waals surface area contributed by atoms with Crippen LogP contribution in [0.4, 0.5) is 5.82 Å². The summed E-state index contributed by atoms with van der Waals surface area (Å²) in [7, 11) is 1.65. The van der Waals surface area contributed by atoms with Crippen molar-refractivity contribution in [2.24, 2.45) is 10.7 Å². The standard InChI is InChI=1S/C17H22N6O/c1-12-10-14(23-22-12)19-15-11-17(18,8-9-24-2)21-16(20-15)13-6-4-3-5-7-13/h3-7,10-11H,8-9,18H2,1-2H3,(H,20,21)(H2,19,22,23). The second kappa shape index (κ2) is 6.86. The number of benzene rings is 1. The maximum absolute atomic E-state index is 6.47. The van der Waals surface area contributed by atoms with Crippen LogP contribution < -0.4 is 16.4 Å². The van der Waals surface area contributed by atoms with Crippen molar-refractivity contribution in [2.45, 2.75) is 19.0 Å². The number of H-pyrrole nitrogens is 1. The van der Waals surface area contributed by atoms with E-state index in [2.05, 4.69) is 25.8 Å². The first-order valence-electron chi connectivity index (χ1n) is 7.80. The number of hydrogen-bond donors (Lipinski definition) is 4. The fourth-order valence-electron chi connectivity index (χ4n) is 2.50. The van der Waals surface area contributed by atoms with Crippen LogP contribution in [-0.4, -0.2) is 35.4 Å². The maximum Gasteiger partial charge on any atom is 0.153 e. The quantitative estimate of drug-likeness (QED) is 0.647. The summed E-state index contributed by atoms with van der Waals surface area (Å²) in [6.07, 6.45) is 2.44. The Bertz CT molecular complexity index is 751. The van der Waals surface area contributed by atoms with E-state index in [0.717, 1.165) is 22.9 Å². The highest BCUT2D eigenvalue weighted by molar-refractivity contribution is 6.01. The first kappa shape index (κ1) is 16.2. The normalized spacial score (nSPS) is 20.1. The first-order valence-corrected chi connectivity index (χ1v) is 7.80. The Morgan fingerprint density at radius 1 is 1.29 bits per heavy atom. The van der Waals surface area contributed by atoms with Crippen LogP contribution in [0.2, 0.25) is 0 Å². The molecule has 5 N–H and O–H groups in total. The zero-order valence-corrected chi connectivity index (χ0v) is 13.8. The van der Waals surface area contributed by atoms with Gasteiger partial charge in [0.05, 0.1) is 6.61 Å². The number of aromatic amines is 1. The molecule has 2 aromatic rings. The molecule has 1 aromatic carbocycles. The molecule has 1 aliphatic rings. The average molecular weight is 326 g/mol. The molecule has 0 bridgehead atoms. The van der Waals surface area contributed by atoms with E-state index in [1.165, 1.54) is 0 Å². The molecule has 0 radical (unpaired) electrons. The van der Waals surface area contributed by atoms with Gasteiger partial charge in [-0.25, -0.2) is 4.99 Å². The van der Waals surface area contributed by atoms with Crippen molar-refractivity contribution in [1.29, 1.82) is 0 Å². The van der Waals surface area contributed by atoms with Crippen LogP contribution in [0.25, 0.3) is 0 Å². The van der Waals surface area contributed by atoms with Crippen molar-refractivity contribution in [1.82, 2.24) is 15.5 Å². The van der Waals surface area contributed by atoms with Crippen molar-refractivity contribution in [2.75, 3.05) is 19.0 Å². The molecule has 2 heterocycles. The van der Waals surface area contributed by atoms with Crippen molar-refractivity contribution in [3.05, 3.63) is 59.6 Å². The van der Waals surface area contributed by atoms with Crippen LogP contribution in [0, 0.1) is 6.92 Å². The molecule has 0 spiro atoms. The Morgan fingerprint density at radius 3 is 2.75 bits per heavy atom. The molecule has 1 unspecified atom stereocenters. The maximum atomic E-state index is 6.47. The number of aromatic nitrogens is 2. The van der Waals surface area contributed by atoms with E-state index in [0.29, 0.717) is 18.9 Å². The lowest BCUT2D eigenvalue weighted by molar-refractivity contribution is 0.178. The van der Waals surface area contributed by atoms with Crippen LogP contribution in [-0.2, 0) is 4.74 Å². The summed E-state index contributed by atoms with van der Waals surface area (Å²) in [4.78, 5) is 4.68.